The normalized spacial score (nSPS) is 15.1. The molecule has 0 spiro atoms. The molecule has 180 valence electrons. The highest BCUT2D eigenvalue weighted by atomic mass is 32.2. The van der Waals surface area contributed by atoms with E-state index in [1.807, 2.05) is 42.5 Å². The van der Waals surface area contributed by atoms with Gasteiger partial charge in [0.1, 0.15) is 0 Å². The average Bonchev–Trinajstić information content (AvgIpc) is 2.88. The van der Waals surface area contributed by atoms with E-state index in [1.54, 1.807) is 24.3 Å². The summed E-state index contributed by atoms with van der Waals surface area (Å²) in [6.45, 7) is 3.70. The molecule has 3 aromatic rings. The Morgan fingerprint density at radius 1 is 0.971 bits per heavy atom. The minimum atomic E-state index is -3.84. The van der Waals surface area contributed by atoms with Crippen LogP contribution < -0.4 is 14.9 Å². The van der Waals surface area contributed by atoms with Crippen molar-refractivity contribution >= 4 is 33.2 Å². The highest BCUT2D eigenvalue weighted by molar-refractivity contribution is 7.92. The predicted octanol–water partition coefficient (Wildman–Crippen LogP) is 4.20. The minimum absolute atomic E-state index is 0.128. The van der Waals surface area contributed by atoms with E-state index in [2.05, 4.69) is 17.2 Å². The number of nitrogens with one attached hydrogen (secondary N) is 2. The molecule has 0 aliphatic carbocycles. The van der Waals surface area contributed by atoms with Gasteiger partial charge in [0.25, 0.3) is 10.0 Å². The topological polar surface area (TPSA) is 95.6 Å². The van der Waals surface area contributed by atoms with E-state index in [-0.39, 0.29) is 29.3 Å². The molecule has 1 atom stereocenters. The summed E-state index contributed by atoms with van der Waals surface area (Å²) in [5.74, 6) is -0.440. The second-order valence-corrected chi connectivity index (χ2v) is 10.1. The SMILES string of the molecule is C=CC(=O)NC1CCN(S(=O)(=O)c2ccc(NC(=O)CCc3ccccc3)cc2)c2ccccc21. The predicted molar refractivity (Wildman–Crippen MR) is 137 cm³/mol. The van der Waals surface area contributed by atoms with Crippen LogP contribution in [0.15, 0.2) is 96.4 Å². The lowest BCUT2D eigenvalue weighted by molar-refractivity contribution is -0.117. The second-order valence-electron chi connectivity index (χ2n) is 8.25. The fourth-order valence-electron chi connectivity index (χ4n) is 4.13. The van der Waals surface area contributed by atoms with Crippen LogP contribution in [0.25, 0.3) is 0 Å². The van der Waals surface area contributed by atoms with Gasteiger partial charge in [-0.05, 0) is 60.4 Å². The van der Waals surface area contributed by atoms with Crippen LogP contribution in [0.1, 0.15) is 30.0 Å². The average molecular weight is 490 g/mol. The van der Waals surface area contributed by atoms with Gasteiger partial charge in [-0.15, -0.1) is 0 Å². The maximum Gasteiger partial charge on any atom is 0.264 e. The van der Waals surface area contributed by atoms with Crippen molar-refractivity contribution in [3.05, 3.63) is 103 Å². The molecule has 2 N–H and O–H groups in total. The molecule has 0 aromatic heterocycles. The quantitative estimate of drug-likeness (QED) is 0.464. The van der Waals surface area contributed by atoms with Crippen LogP contribution in [-0.4, -0.2) is 26.8 Å². The van der Waals surface area contributed by atoms with Gasteiger partial charge in [-0.1, -0.05) is 55.1 Å². The maximum atomic E-state index is 13.5. The van der Waals surface area contributed by atoms with Crippen molar-refractivity contribution in [1.29, 1.82) is 0 Å². The van der Waals surface area contributed by atoms with Gasteiger partial charge in [-0.2, -0.15) is 0 Å². The van der Waals surface area contributed by atoms with E-state index >= 15 is 0 Å². The Morgan fingerprint density at radius 3 is 2.37 bits per heavy atom. The molecule has 0 fully saturated rings. The first-order valence-corrected chi connectivity index (χ1v) is 12.8. The molecule has 7 nitrogen and oxygen atoms in total. The van der Waals surface area contributed by atoms with Gasteiger partial charge in [-0.3, -0.25) is 13.9 Å². The molecule has 0 radical (unpaired) electrons. The summed E-state index contributed by atoms with van der Waals surface area (Å²) in [5.41, 5.74) is 2.89. The molecular formula is C27H27N3O4S. The van der Waals surface area contributed by atoms with E-state index in [1.165, 1.54) is 22.5 Å². The number of carbonyl (C=O) groups excluding carboxylic acids is 2. The lowest BCUT2D eigenvalue weighted by atomic mass is 9.98. The third kappa shape index (κ3) is 5.60. The number of anilines is 2. The van der Waals surface area contributed by atoms with Crippen LogP contribution in [0.4, 0.5) is 11.4 Å². The van der Waals surface area contributed by atoms with Gasteiger partial charge in [-0.25, -0.2) is 8.42 Å². The van der Waals surface area contributed by atoms with Crippen LogP contribution in [0.5, 0.6) is 0 Å². The molecule has 1 heterocycles. The molecule has 35 heavy (non-hydrogen) atoms. The number of fused-ring (bicyclic) bond motifs is 1. The number of hydrogen-bond donors (Lipinski definition) is 2. The van der Waals surface area contributed by atoms with Gasteiger partial charge in [0.2, 0.25) is 11.8 Å². The first kappa shape index (κ1) is 24.2. The standard InChI is InChI=1S/C27H27N3O4S/c1-2-26(31)29-24-18-19-30(25-11-7-6-10-23(24)25)35(33,34)22-15-13-21(14-16-22)28-27(32)17-12-20-8-4-3-5-9-20/h2-11,13-16,24H,1,12,17-19H2,(H,28,32)(H,29,31). The van der Waals surface area contributed by atoms with Crippen LogP contribution in [-0.2, 0) is 26.0 Å². The van der Waals surface area contributed by atoms with E-state index in [0.717, 1.165) is 11.1 Å². The Morgan fingerprint density at radius 2 is 1.66 bits per heavy atom. The molecule has 0 saturated heterocycles. The summed E-state index contributed by atoms with van der Waals surface area (Å²) in [6, 6.07) is 22.8. The number of rotatable bonds is 8. The van der Waals surface area contributed by atoms with Gasteiger partial charge in [0.15, 0.2) is 0 Å². The summed E-state index contributed by atoms with van der Waals surface area (Å²) in [4.78, 5) is 24.3. The molecule has 1 unspecified atom stereocenters. The first-order valence-electron chi connectivity index (χ1n) is 11.4. The molecule has 4 rings (SSSR count). The number of amides is 2. The Bertz CT molecular complexity index is 1320. The van der Waals surface area contributed by atoms with Gasteiger partial charge >= 0.3 is 0 Å². The van der Waals surface area contributed by atoms with Crippen LogP contribution in [0, 0.1) is 0 Å². The molecule has 3 aromatic carbocycles. The first-order chi connectivity index (χ1) is 16.9. The third-order valence-electron chi connectivity index (χ3n) is 5.91. The summed E-state index contributed by atoms with van der Waals surface area (Å²) in [6.07, 6.45) is 2.60. The van der Waals surface area contributed by atoms with Crippen molar-refractivity contribution in [3.8, 4) is 0 Å². The largest absolute Gasteiger partial charge is 0.346 e. The molecule has 1 aliphatic rings. The second kappa shape index (κ2) is 10.6. The van der Waals surface area contributed by atoms with Gasteiger partial charge in [0, 0.05) is 18.7 Å². The summed E-state index contributed by atoms with van der Waals surface area (Å²) in [5, 5.41) is 5.68. The fraction of sp³-hybridized carbons (Fsp3) is 0.185. The summed E-state index contributed by atoms with van der Waals surface area (Å²) >= 11 is 0. The Kier molecular flexibility index (Phi) is 7.31. The van der Waals surface area contributed by atoms with Crippen LogP contribution in [0.2, 0.25) is 0 Å². The van der Waals surface area contributed by atoms with E-state index in [9.17, 15) is 18.0 Å². The van der Waals surface area contributed by atoms with Gasteiger partial charge < -0.3 is 10.6 Å². The third-order valence-corrected chi connectivity index (χ3v) is 7.74. The lowest BCUT2D eigenvalue weighted by Crippen LogP contribution is -2.40. The number of carbonyl (C=O) groups is 2. The van der Waals surface area contributed by atoms with Gasteiger partial charge in [0.05, 0.1) is 16.6 Å². The molecule has 2 amide bonds. The number of para-hydroxylation sites is 1. The Hall–Kier alpha value is -3.91. The van der Waals surface area contributed by atoms with Crippen LogP contribution in [0.3, 0.4) is 0 Å². The Balaban J connectivity index is 1.46. The number of sulfonamides is 1. The number of benzene rings is 3. The molecule has 0 bridgehead atoms. The zero-order chi connectivity index (χ0) is 24.8. The molecule has 1 aliphatic heterocycles. The van der Waals surface area contributed by atoms with Crippen molar-refractivity contribution in [2.75, 3.05) is 16.2 Å². The van der Waals surface area contributed by atoms with Crippen LogP contribution >= 0.6 is 0 Å². The van der Waals surface area contributed by atoms with E-state index in [4.69, 9.17) is 0 Å². The van der Waals surface area contributed by atoms with Crippen molar-refractivity contribution in [2.24, 2.45) is 0 Å². The maximum absolute atomic E-state index is 13.5. The molecule has 0 saturated carbocycles. The zero-order valence-electron chi connectivity index (χ0n) is 19.2. The lowest BCUT2D eigenvalue weighted by Gasteiger charge is -2.35. The Labute approximate surface area is 205 Å². The smallest absolute Gasteiger partial charge is 0.264 e. The van der Waals surface area contributed by atoms with Crippen molar-refractivity contribution in [3.63, 3.8) is 0 Å². The number of aryl methyl sites for hydroxylation is 1. The minimum Gasteiger partial charge on any atom is -0.346 e. The highest BCUT2D eigenvalue weighted by Gasteiger charge is 2.33. The number of hydrogen-bond acceptors (Lipinski definition) is 4. The van der Waals surface area contributed by atoms with Crippen molar-refractivity contribution in [1.82, 2.24) is 5.32 Å². The molecule has 8 heteroatoms. The fourth-order valence-corrected chi connectivity index (χ4v) is 5.63. The van der Waals surface area contributed by atoms with E-state index in [0.29, 0.717) is 30.6 Å². The van der Waals surface area contributed by atoms with Crippen molar-refractivity contribution in [2.45, 2.75) is 30.2 Å². The monoisotopic (exact) mass is 489 g/mol. The van der Waals surface area contributed by atoms with E-state index < -0.39 is 10.0 Å². The highest BCUT2D eigenvalue weighted by Crippen LogP contribution is 2.37. The number of nitrogens with zero attached hydrogens (tertiary/aromatic N) is 1. The zero-order valence-corrected chi connectivity index (χ0v) is 20.0. The molecular weight excluding hydrogens is 462 g/mol. The van der Waals surface area contributed by atoms with Crippen molar-refractivity contribution < 1.29 is 18.0 Å². The summed E-state index contributed by atoms with van der Waals surface area (Å²) in [7, 11) is -3.84. The summed E-state index contributed by atoms with van der Waals surface area (Å²) < 4.78 is 28.3.